The van der Waals surface area contributed by atoms with Crippen molar-refractivity contribution < 1.29 is 34.3 Å². The minimum atomic E-state index is -3.15. The lowest BCUT2D eigenvalue weighted by molar-refractivity contribution is -0.307. The molecule has 106 valence electrons. The third kappa shape index (κ3) is 2.41. The second kappa shape index (κ2) is 4.82. The summed E-state index contributed by atoms with van der Waals surface area (Å²) < 4.78 is 19.2. The Morgan fingerprint density at radius 3 is 2.17 bits per heavy atom. The van der Waals surface area contributed by atoms with Crippen LogP contribution < -0.4 is 0 Å². The van der Waals surface area contributed by atoms with Crippen LogP contribution in [0.15, 0.2) is 0 Å². The summed E-state index contributed by atoms with van der Waals surface area (Å²) in [5.74, 6) is -4.21. The number of alkyl halides is 1. The van der Waals surface area contributed by atoms with E-state index in [2.05, 4.69) is 4.74 Å². The van der Waals surface area contributed by atoms with Crippen LogP contribution in [0, 0.1) is 5.41 Å². The van der Waals surface area contributed by atoms with Crippen LogP contribution in [0.25, 0.3) is 0 Å². The van der Waals surface area contributed by atoms with Gasteiger partial charge in [0.2, 0.25) is 5.78 Å². The predicted molar refractivity (Wildman–Crippen MR) is 58.3 cm³/mol. The van der Waals surface area contributed by atoms with E-state index in [-0.39, 0.29) is 0 Å². The number of carbonyl (C=O) groups excluding carboxylic acids is 1. The smallest absolute Gasteiger partial charge is 0.298 e. The Balaban J connectivity index is 3.10. The Hall–Kier alpha value is -0.600. The molecule has 1 aliphatic rings. The van der Waals surface area contributed by atoms with Crippen LogP contribution >= 0.6 is 0 Å². The van der Waals surface area contributed by atoms with Gasteiger partial charge in [0.05, 0.1) is 6.61 Å². The summed E-state index contributed by atoms with van der Waals surface area (Å²) in [6.07, 6.45) is -7.25. The molecule has 7 heteroatoms. The number of ketones is 1. The molecule has 6 nitrogen and oxygen atoms in total. The van der Waals surface area contributed by atoms with Crippen molar-refractivity contribution in [1.29, 1.82) is 0 Å². The lowest BCUT2D eigenvalue weighted by Gasteiger charge is -2.44. The molecule has 0 bridgehead atoms. The van der Waals surface area contributed by atoms with Crippen molar-refractivity contribution >= 4 is 5.78 Å². The van der Waals surface area contributed by atoms with Crippen molar-refractivity contribution in [2.45, 2.75) is 51.0 Å². The topological polar surface area (TPSA) is 107 Å². The Morgan fingerprint density at radius 1 is 1.28 bits per heavy atom. The van der Waals surface area contributed by atoms with Crippen molar-refractivity contribution in [2.24, 2.45) is 5.41 Å². The van der Waals surface area contributed by atoms with E-state index >= 15 is 0 Å². The van der Waals surface area contributed by atoms with E-state index in [1.54, 1.807) is 0 Å². The van der Waals surface area contributed by atoms with Crippen molar-refractivity contribution in [2.75, 3.05) is 6.61 Å². The molecule has 5 atom stereocenters. The molecule has 0 aromatic carbocycles. The number of Topliss-reactive ketones (excluding diaryl/α,β-unsaturated/α-hetero) is 1. The van der Waals surface area contributed by atoms with E-state index in [1.165, 1.54) is 20.8 Å². The first-order valence-electron chi connectivity index (χ1n) is 5.62. The van der Waals surface area contributed by atoms with Gasteiger partial charge in [-0.15, -0.1) is 0 Å². The molecule has 1 unspecified atom stereocenters. The maximum absolute atomic E-state index is 14.5. The number of aliphatic hydroxyl groups is 4. The van der Waals surface area contributed by atoms with Gasteiger partial charge in [-0.1, -0.05) is 20.8 Å². The lowest BCUT2D eigenvalue weighted by Crippen LogP contribution is -2.67. The summed E-state index contributed by atoms with van der Waals surface area (Å²) in [5.41, 5.74) is -1.16. The highest BCUT2D eigenvalue weighted by molar-refractivity contribution is 5.91. The zero-order valence-electron chi connectivity index (χ0n) is 10.5. The molecular weight excluding hydrogens is 247 g/mol. The maximum Gasteiger partial charge on any atom is 0.298 e. The number of carbonyl (C=O) groups is 1. The first-order valence-corrected chi connectivity index (χ1v) is 5.62. The summed E-state index contributed by atoms with van der Waals surface area (Å²) in [6.45, 7) is 3.50. The van der Waals surface area contributed by atoms with Crippen LogP contribution in [0.5, 0.6) is 0 Å². The van der Waals surface area contributed by atoms with E-state index < -0.39 is 48.1 Å². The second-order valence-corrected chi connectivity index (χ2v) is 5.49. The average Bonchev–Trinajstić information content (AvgIpc) is 2.29. The number of hydrogen-bond acceptors (Lipinski definition) is 6. The minimum absolute atomic E-state index is 0.784. The fourth-order valence-corrected chi connectivity index (χ4v) is 1.83. The van der Waals surface area contributed by atoms with Crippen molar-refractivity contribution in [3.8, 4) is 0 Å². The Bertz CT molecular complexity index is 326. The van der Waals surface area contributed by atoms with E-state index in [9.17, 15) is 24.5 Å². The highest BCUT2D eigenvalue weighted by atomic mass is 19.2. The van der Waals surface area contributed by atoms with Crippen LogP contribution in [0.4, 0.5) is 4.39 Å². The molecule has 0 saturated carbocycles. The van der Waals surface area contributed by atoms with Gasteiger partial charge in [-0.3, -0.25) is 4.79 Å². The quantitative estimate of drug-likeness (QED) is 0.497. The van der Waals surface area contributed by atoms with Crippen molar-refractivity contribution in [3.63, 3.8) is 0 Å². The lowest BCUT2D eigenvalue weighted by atomic mass is 9.80. The van der Waals surface area contributed by atoms with Crippen LogP contribution in [0.3, 0.4) is 0 Å². The first kappa shape index (κ1) is 15.5. The molecule has 0 amide bonds. The number of halogens is 1. The third-order valence-corrected chi connectivity index (χ3v) is 2.93. The van der Waals surface area contributed by atoms with E-state index in [1.807, 2.05) is 0 Å². The number of aliphatic hydroxyl groups excluding tert-OH is 4. The Labute approximate surface area is 104 Å². The largest absolute Gasteiger partial charge is 0.394 e. The summed E-state index contributed by atoms with van der Waals surface area (Å²) in [4.78, 5) is 11.9. The van der Waals surface area contributed by atoms with Crippen LogP contribution in [0.2, 0.25) is 0 Å². The van der Waals surface area contributed by atoms with Gasteiger partial charge in [0.25, 0.3) is 5.85 Å². The fourth-order valence-electron chi connectivity index (χ4n) is 1.83. The summed E-state index contributed by atoms with van der Waals surface area (Å²) in [6, 6.07) is 0. The van der Waals surface area contributed by atoms with Gasteiger partial charge in [-0.05, 0) is 0 Å². The van der Waals surface area contributed by atoms with Crippen molar-refractivity contribution in [3.05, 3.63) is 0 Å². The molecule has 0 radical (unpaired) electrons. The van der Waals surface area contributed by atoms with E-state index in [4.69, 9.17) is 5.11 Å². The van der Waals surface area contributed by atoms with Crippen LogP contribution in [-0.2, 0) is 9.53 Å². The normalized spacial score (nSPS) is 41.8. The van der Waals surface area contributed by atoms with Gasteiger partial charge in [0.1, 0.15) is 24.4 Å². The van der Waals surface area contributed by atoms with Crippen LogP contribution in [-0.4, -0.2) is 63.1 Å². The number of ether oxygens (including phenoxy) is 1. The third-order valence-electron chi connectivity index (χ3n) is 2.93. The van der Waals surface area contributed by atoms with Crippen molar-refractivity contribution in [1.82, 2.24) is 0 Å². The molecule has 1 rings (SSSR count). The highest BCUT2D eigenvalue weighted by Crippen LogP contribution is 2.37. The van der Waals surface area contributed by atoms with Gasteiger partial charge >= 0.3 is 0 Å². The first-order chi connectivity index (χ1) is 8.05. The van der Waals surface area contributed by atoms with Gasteiger partial charge in [0, 0.05) is 5.41 Å². The molecule has 0 aromatic heterocycles. The molecule has 1 aliphatic heterocycles. The van der Waals surface area contributed by atoms with Crippen LogP contribution in [0.1, 0.15) is 20.8 Å². The fraction of sp³-hybridized carbons (Fsp3) is 0.909. The Morgan fingerprint density at radius 2 is 1.78 bits per heavy atom. The summed E-state index contributed by atoms with van der Waals surface area (Å²) in [7, 11) is 0. The van der Waals surface area contributed by atoms with Gasteiger partial charge in [-0.2, -0.15) is 0 Å². The molecular formula is C11H19FO6. The van der Waals surface area contributed by atoms with Gasteiger partial charge in [0.15, 0.2) is 0 Å². The monoisotopic (exact) mass is 266 g/mol. The average molecular weight is 266 g/mol. The maximum atomic E-state index is 14.5. The SMILES string of the molecule is CC(C)(C)C(=O)C1(F)O[C@H](CO)[C@@H](O)[C@H](O)[C@@H]1O. The number of rotatable bonds is 2. The van der Waals surface area contributed by atoms with Gasteiger partial charge < -0.3 is 25.2 Å². The molecule has 1 fully saturated rings. The standard InChI is InChI=1S/C11H19FO6/c1-10(2,3)9(17)11(12)8(16)7(15)6(14)5(4-13)18-11/h5-8,13-16H,4H2,1-3H3/t5-,6-,7+,8+,11?/m1/s1. The summed E-state index contributed by atoms with van der Waals surface area (Å²) >= 11 is 0. The summed E-state index contributed by atoms with van der Waals surface area (Å²) in [5, 5.41) is 37.5. The molecule has 1 saturated heterocycles. The molecule has 18 heavy (non-hydrogen) atoms. The highest BCUT2D eigenvalue weighted by Gasteiger charge is 2.60. The second-order valence-electron chi connectivity index (χ2n) is 5.49. The number of hydrogen-bond donors (Lipinski definition) is 4. The zero-order chi connectivity index (χ0) is 14.3. The molecule has 0 spiro atoms. The minimum Gasteiger partial charge on any atom is -0.394 e. The molecule has 0 aromatic rings. The van der Waals surface area contributed by atoms with Gasteiger partial charge in [-0.25, -0.2) is 4.39 Å². The predicted octanol–water partition coefficient (Wildman–Crippen LogP) is -1.26. The molecule has 1 heterocycles. The zero-order valence-corrected chi connectivity index (χ0v) is 10.5. The molecule has 4 N–H and O–H groups in total. The Kier molecular flexibility index (Phi) is 4.14. The van der Waals surface area contributed by atoms with E-state index in [0.29, 0.717) is 0 Å². The molecule has 0 aliphatic carbocycles. The van der Waals surface area contributed by atoms with E-state index in [0.717, 1.165) is 0 Å².